The fraction of sp³-hybridized carbons (Fsp3) is 1.00. The largest absolute Gasteiger partial charge is 0.390 e. The molecule has 0 spiro atoms. The molecule has 1 fully saturated rings. The van der Waals surface area contributed by atoms with Crippen LogP contribution in [-0.4, -0.2) is 10.7 Å². The summed E-state index contributed by atoms with van der Waals surface area (Å²) in [7, 11) is 0. The predicted molar refractivity (Wildman–Crippen MR) is 65.8 cm³/mol. The van der Waals surface area contributed by atoms with Gasteiger partial charge in [-0.25, -0.2) is 0 Å². The number of aliphatic hydroxyl groups is 1. The van der Waals surface area contributed by atoms with E-state index in [-0.39, 0.29) is 0 Å². The van der Waals surface area contributed by atoms with Gasteiger partial charge in [-0.1, -0.05) is 52.9 Å². The third-order valence-electron chi connectivity index (χ3n) is 4.79. The van der Waals surface area contributed by atoms with E-state index in [1.54, 1.807) is 0 Å². The Morgan fingerprint density at radius 3 is 2.40 bits per heavy atom. The third-order valence-corrected chi connectivity index (χ3v) is 4.79. The molecule has 90 valence electrons. The lowest BCUT2D eigenvalue weighted by Crippen LogP contribution is -2.45. The van der Waals surface area contributed by atoms with E-state index in [2.05, 4.69) is 27.7 Å². The van der Waals surface area contributed by atoms with E-state index >= 15 is 0 Å². The van der Waals surface area contributed by atoms with Crippen molar-refractivity contribution in [3.8, 4) is 0 Å². The Morgan fingerprint density at radius 2 is 1.87 bits per heavy atom. The first-order valence-electron chi connectivity index (χ1n) is 6.76. The molecular formula is C14H28O. The molecule has 0 heterocycles. The molecule has 0 aliphatic heterocycles. The molecule has 0 amide bonds. The topological polar surface area (TPSA) is 20.2 Å². The average molecular weight is 212 g/mol. The summed E-state index contributed by atoms with van der Waals surface area (Å²) >= 11 is 0. The molecule has 0 aromatic rings. The highest BCUT2D eigenvalue weighted by molar-refractivity contribution is 4.91. The first-order chi connectivity index (χ1) is 7.04. The molecule has 4 atom stereocenters. The van der Waals surface area contributed by atoms with Gasteiger partial charge >= 0.3 is 0 Å². The van der Waals surface area contributed by atoms with Crippen molar-refractivity contribution in [1.82, 2.24) is 0 Å². The van der Waals surface area contributed by atoms with Gasteiger partial charge in [-0.05, 0) is 31.1 Å². The van der Waals surface area contributed by atoms with Crippen molar-refractivity contribution in [3.05, 3.63) is 0 Å². The van der Waals surface area contributed by atoms with Crippen LogP contribution in [0.3, 0.4) is 0 Å². The standard InChI is InChI=1S/C14H28O/c1-5-11(3)14(4,15)13-10-8-7-9-12(13)6-2/h11-13,15H,5-10H2,1-4H3. The van der Waals surface area contributed by atoms with Crippen LogP contribution in [0.5, 0.6) is 0 Å². The molecule has 0 saturated heterocycles. The number of rotatable bonds is 4. The maximum Gasteiger partial charge on any atom is 0.0675 e. The zero-order chi connectivity index (χ0) is 11.5. The lowest BCUT2D eigenvalue weighted by Gasteiger charge is -2.44. The first kappa shape index (κ1) is 13.0. The molecular weight excluding hydrogens is 184 g/mol. The SMILES string of the molecule is CCC1CCCCC1C(C)(O)C(C)CC. The summed E-state index contributed by atoms with van der Waals surface area (Å²) in [4.78, 5) is 0. The van der Waals surface area contributed by atoms with Crippen LogP contribution < -0.4 is 0 Å². The second-order valence-electron chi connectivity index (χ2n) is 5.59. The van der Waals surface area contributed by atoms with Crippen LogP contribution in [0, 0.1) is 17.8 Å². The molecule has 1 aliphatic carbocycles. The Hall–Kier alpha value is -0.0400. The van der Waals surface area contributed by atoms with E-state index in [1.807, 2.05) is 0 Å². The van der Waals surface area contributed by atoms with E-state index in [1.165, 1.54) is 32.1 Å². The van der Waals surface area contributed by atoms with Gasteiger partial charge in [0.2, 0.25) is 0 Å². The molecule has 0 bridgehead atoms. The molecule has 1 aliphatic rings. The minimum absolute atomic E-state index is 0.426. The molecule has 1 saturated carbocycles. The van der Waals surface area contributed by atoms with Crippen molar-refractivity contribution in [2.24, 2.45) is 17.8 Å². The zero-order valence-corrected chi connectivity index (χ0v) is 10.9. The van der Waals surface area contributed by atoms with Crippen LogP contribution in [0.4, 0.5) is 0 Å². The van der Waals surface area contributed by atoms with Crippen LogP contribution in [0.15, 0.2) is 0 Å². The predicted octanol–water partition coefficient (Wildman–Crippen LogP) is 4.00. The Morgan fingerprint density at radius 1 is 1.27 bits per heavy atom. The quantitative estimate of drug-likeness (QED) is 0.747. The van der Waals surface area contributed by atoms with Gasteiger partial charge in [-0.15, -0.1) is 0 Å². The van der Waals surface area contributed by atoms with Crippen LogP contribution in [0.25, 0.3) is 0 Å². The lowest BCUT2D eigenvalue weighted by atomic mass is 9.65. The van der Waals surface area contributed by atoms with E-state index in [0.29, 0.717) is 11.8 Å². The minimum atomic E-state index is -0.449. The summed E-state index contributed by atoms with van der Waals surface area (Å²) in [6.45, 7) is 8.72. The van der Waals surface area contributed by atoms with Gasteiger partial charge < -0.3 is 5.11 Å². The molecule has 1 heteroatoms. The van der Waals surface area contributed by atoms with Crippen molar-refractivity contribution < 1.29 is 5.11 Å². The van der Waals surface area contributed by atoms with E-state index in [0.717, 1.165) is 12.3 Å². The normalized spacial score (nSPS) is 33.4. The maximum atomic E-state index is 10.7. The van der Waals surface area contributed by atoms with Crippen molar-refractivity contribution >= 4 is 0 Å². The summed E-state index contributed by atoms with van der Waals surface area (Å²) in [5, 5.41) is 10.7. The van der Waals surface area contributed by atoms with Crippen molar-refractivity contribution in [2.75, 3.05) is 0 Å². The highest BCUT2D eigenvalue weighted by Gasteiger charge is 2.40. The van der Waals surface area contributed by atoms with Crippen molar-refractivity contribution in [1.29, 1.82) is 0 Å². The van der Waals surface area contributed by atoms with Gasteiger partial charge in [0.05, 0.1) is 5.60 Å². The van der Waals surface area contributed by atoms with Crippen LogP contribution >= 0.6 is 0 Å². The smallest absolute Gasteiger partial charge is 0.0675 e. The summed E-state index contributed by atoms with van der Waals surface area (Å²) < 4.78 is 0. The molecule has 1 nitrogen and oxygen atoms in total. The molecule has 1 N–H and O–H groups in total. The second-order valence-corrected chi connectivity index (χ2v) is 5.59. The molecule has 0 radical (unpaired) electrons. The van der Waals surface area contributed by atoms with E-state index in [9.17, 15) is 5.11 Å². The summed E-state index contributed by atoms with van der Waals surface area (Å²) in [5.74, 6) is 1.71. The van der Waals surface area contributed by atoms with Crippen molar-refractivity contribution in [3.63, 3.8) is 0 Å². The van der Waals surface area contributed by atoms with Crippen LogP contribution in [0.1, 0.15) is 66.2 Å². The number of hydrogen-bond donors (Lipinski definition) is 1. The Bertz CT molecular complexity index is 186. The average Bonchev–Trinajstić information content (AvgIpc) is 2.27. The van der Waals surface area contributed by atoms with Gasteiger partial charge in [0.25, 0.3) is 0 Å². The van der Waals surface area contributed by atoms with Crippen LogP contribution in [-0.2, 0) is 0 Å². The first-order valence-corrected chi connectivity index (χ1v) is 6.76. The molecule has 0 aromatic heterocycles. The molecule has 1 rings (SSSR count). The van der Waals surface area contributed by atoms with Gasteiger partial charge in [0.1, 0.15) is 0 Å². The monoisotopic (exact) mass is 212 g/mol. The van der Waals surface area contributed by atoms with Gasteiger partial charge in [0.15, 0.2) is 0 Å². The summed E-state index contributed by atoms with van der Waals surface area (Å²) in [6, 6.07) is 0. The number of hydrogen-bond acceptors (Lipinski definition) is 1. The zero-order valence-electron chi connectivity index (χ0n) is 10.9. The molecule has 15 heavy (non-hydrogen) atoms. The highest BCUT2D eigenvalue weighted by Crippen LogP contribution is 2.42. The summed E-state index contributed by atoms with van der Waals surface area (Å²) in [5.41, 5.74) is -0.449. The molecule has 0 aromatic carbocycles. The lowest BCUT2D eigenvalue weighted by molar-refractivity contribution is -0.0831. The highest BCUT2D eigenvalue weighted by atomic mass is 16.3. The van der Waals surface area contributed by atoms with E-state index in [4.69, 9.17) is 0 Å². The maximum absolute atomic E-state index is 10.7. The third kappa shape index (κ3) is 2.75. The second kappa shape index (κ2) is 5.34. The summed E-state index contributed by atoms with van der Waals surface area (Å²) in [6.07, 6.45) is 7.56. The molecule has 4 unspecified atom stereocenters. The Labute approximate surface area is 95.3 Å². The fourth-order valence-corrected chi connectivity index (χ4v) is 3.24. The van der Waals surface area contributed by atoms with Gasteiger partial charge in [-0.2, -0.15) is 0 Å². The Balaban J connectivity index is 2.73. The van der Waals surface area contributed by atoms with Crippen molar-refractivity contribution in [2.45, 2.75) is 71.8 Å². The fourth-order valence-electron chi connectivity index (χ4n) is 3.24. The minimum Gasteiger partial charge on any atom is -0.390 e. The van der Waals surface area contributed by atoms with Gasteiger partial charge in [0, 0.05) is 0 Å². The van der Waals surface area contributed by atoms with E-state index < -0.39 is 5.60 Å². The Kier molecular flexibility index (Phi) is 4.64. The van der Waals surface area contributed by atoms with Crippen LogP contribution in [0.2, 0.25) is 0 Å². The van der Waals surface area contributed by atoms with Gasteiger partial charge in [-0.3, -0.25) is 0 Å².